The molecule has 0 saturated carbocycles. The number of halogens is 2. The molecule has 1 unspecified atom stereocenters. The predicted octanol–water partition coefficient (Wildman–Crippen LogP) is 6.29. The van der Waals surface area contributed by atoms with Gasteiger partial charge in [0.05, 0.1) is 5.56 Å². The normalized spacial score (nSPS) is 14.8. The lowest BCUT2D eigenvalue weighted by atomic mass is 9.88. The molecule has 3 aromatic rings. The second-order valence-electron chi connectivity index (χ2n) is 8.99. The maximum Gasteiger partial charge on any atom is 0.252 e. The van der Waals surface area contributed by atoms with E-state index in [4.69, 9.17) is 23.2 Å². The Kier molecular flexibility index (Phi) is 8.60. The zero-order valence-corrected chi connectivity index (χ0v) is 21.1. The van der Waals surface area contributed by atoms with E-state index in [2.05, 4.69) is 27.3 Å². The van der Waals surface area contributed by atoms with Gasteiger partial charge in [0.1, 0.15) is 0 Å². The van der Waals surface area contributed by atoms with Crippen LogP contribution in [-0.4, -0.2) is 42.0 Å². The Morgan fingerprint density at radius 2 is 1.76 bits per heavy atom. The van der Waals surface area contributed by atoms with E-state index in [-0.39, 0.29) is 11.8 Å². The van der Waals surface area contributed by atoms with Crippen LogP contribution in [0.2, 0.25) is 10.0 Å². The molecular weight excluding hydrogens is 465 g/mol. The maximum atomic E-state index is 12.7. The SMILES string of the molecule is Cc1cc(C(CCNC(=O)c2ccc(CCN3CCCC3)nc2)c2ccc(Cl)cc2)ccc1Cl. The number of benzene rings is 2. The van der Waals surface area contributed by atoms with Gasteiger partial charge in [-0.15, -0.1) is 0 Å². The summed E-state index contributed by atoms with van der Waals surface area (Å²) in [5, 5.41) is 4.52. The predicted molar refractivity (Wildman–Crippen MR) is 140 cm³/mol. The number of nitrogens with zero attached hydrogens (tertiary/aromatic N) is 2. The summed E-state index contributed by atoms with van der Waals surface area (Å²) in [5.41, 5.74) is 4.99. The molecule has 1 amide bonds. The highest BCUT2D eigenvalue weighted by Crippen LogP contribution is 2.31. The molecule has 1 atom stereocenters. The Bertz CT molecular complexity index is 1090. The van der Waals surface area contributed by atoms with E-state index in [1.54, 1.807) is 6.20 Å². The third-order valence-electron chi connectivity index (χ3n) is 6.55. The molecule has 0 aliphatic carbocycles. The molecule has 34 heavy (non-hydrogen) atoms. The van der Waals surface area contributed by atoms with E-state index in [0.717, 1.165) is 41.2 Å². The van der Waals surface area contributed by atoms with Gasteiger partial charge in [-0.1, -0.05) is 47.5 Å². The van der Waals surface area contributed by atoms with Crippen LogP contribution in [0, 0.1) is 6.92 Å². The Labute approximate surface area is 212 Å². The van der Waals surface area contributed by atoms with Crippen molar-refractivity contribution in [3.63, 3.8) is 0 Å². The van der Waals surface area contributed by atoms with Gasteiger partial charge in [0.25, 0.3) is 5.91 Å². The first kappa shape index (κ1) is 24.7. The van der Waals surface area contributed by atoms with Crippen LogP contribution in [-0.2, 0) is 6.42 Å². The number of nitrogens with one attached hydrogen (secondary N) is 1. The molecule has 1 aliphatic heterocycles. The lowest BCUT2D eigenvalue weighted by Crippen LogP contribution is -2.26. The fraction of sp³-hybridized carbons (Fsp3) is 0.357. The average molecular weight is 496 g/mol. The number of aromatic nitrogens is 1. The van der Waals surface area contributed by atoms with Crippen LogP contribution in [0.1, 0.15) is 57.9 Å². The van der Waals surface area contributed by atoms with Crippen molar-refractivity contribution < 1.29 is 4.79 Å². The lowest BCUT2D eigenvalue weighted by molar-refractivity contribution is 0.0952. The van der Waals surface area contributed by atoms with Gasteiger partial charge < -0.3 is 10.2 Å². The molecule has 0 spiro atoms. The summed E-state index contributed by atoms with van der Waals surface area (Å²) in [4.78, 5) is 19.7. The van der Waals surface area contributed by atoms with E-state index in [1.807, 2.05) is 49.4 Å². The van der Waals surface area contributed by atoms with Crippen LogP contribution in [0.15, 0.2) is 60.8 Å². The van der Waals surface area contributed by atoms with Crippen LogP contribution >= 0.6 is 23.2 Å². The van der Waals surface area contributed by atoms with Gasteiger partial charge in [0.2, 0.25) is 0 Å². The molecule has 1 fully saturated rings. The smallest absolute Gasteiger partial charge is 0.252 e. The van der Waals surface area contributed by atoms with Crippen LogP contribution < -0.4 is 5.32 Å². The number of carbonyl (C=O) groups is 1. The van der Waals surface area contributed by atoms with E-state index in [1.165, 1.54) is 31.5 Å². The van der Waals surface area contributed by atoms with Crippen LogP contribution in [0.4, 0.5) is 0 Å². The number of hydrogen-bond donors (Lipinski definition) is 1. The molecule has 6 heteroatoms. The largest absolute Gasteiger partial charge is 0.352 e. The maximum absolute atomic E-state index is 12.7. The fourth-order valence-electron chi connectivity index (χ4n) is 4.52. The second-order valence-corrected chi connectivity index (χ2v) is 9.84. The van der Waals surface area contributed by atoms with Crippen LogP contribution in [0.3, 0.4) is 0 Å². The van der Waals surface area contributed by atoms with E-state index in [9.17, 15) is 4.79 Å². The highest BCUT2D eigenvalue weighted by atomic mass is 35.5. The van der Waals surface area contributed by atoms with Crippen molar-refractivity contribution in [1.82, 2.24) is 15.2 Å². The first-order valence-corrected chi connectivity index (χ1v) is 12.7. The van der Waals surface area contributed by atoms with Crippen molar-refractivity contribution in [1.29, 1.82) is 0 Å². The van der Waals surface area contributed by atoms with Crippen LogP contribution in [0.5, 0.6) is 0 Å². The topological polar surface area (TPSA) is 45.2 Å². The second kappa shape index (κ2) is 11.8. The van der Waals surface area contributed by atoms with Crippen LogP contribution in [0.25, 0.3) is 0 Å². The van der Waals surface area contributed by atoms with Crippen molar-refractivity contribution in [2.24, 2.45) is 0 Å². The van der Waals surface area contributed by atoms with E-state index in [0.29, 0.717) is 17.1 Å². The Morgan fingerprint density at radius 1 is 1.03 bits per heavy atom. The molecular formula is C28H31Cl2N3O. The zero-order valence-electron chi connectivity index (χ0n) is 19.6. The minimum atomic E-state index is -0.0965. The summed E-state index contributed by atoms with van der Waals surface area (Å²) in [6.07, 6.45) is 5.96. The summed E-state index contributed by atoms with van der Waals surface area (Å²) in [5.74, 6) is 0.0281. The monoisotopic (exact) mass is 495 g/mol. The summed E-state index contributed by atoms with van der Waals surface area (Å²) in [7, 11) is 0. The quantitative estimate of drug-likeness (QED) is 0.379. The molecule has 4 rings (SSSR count). The van der Waals surface area contributed by atoms with Crippen molar-refractivity contribution in [3.05, 3.63) is 98.8 Å². The van der Waals surface area contributed by atoms with Gasteiger partial charge in [-0.3, -0.25) is 9.78 Å². The summed E-state index contributed by atoms with van der Waals surface area (Å²) < 4.78 is 0. The third kappa shape index (κ3) is 6.59. The zero-order chi connectivity index (χ0) is 23.9. The first-order chi connectivity index (χ1) is 16.5. The number of carbonyl (C=O) groups excluding carboxylic acids is 1. The first-order valence-electron chi connectivity index (χ1n) is 12.0. The highest BCUT2D eigenvalue weighted by Gasteiger charge is 2.17. The molecule has 0 bridgehead atoms. The lowest BCUT2D eigenvalue weighted by Gasteiger charge is -2.19. The number of pyridine rings is 1. The summed E-state index contributed by atoms with van der Waals surface area (Å²) in [6, 6.07) is 17.9. The van der Waals surface area contributed by atoms with Gasteiger partial charge >= 0.3 is 0 Å². The molecule has 2 heterocycles. The number of hydrogen-bond acceptors (Lipinski definition) is 3. The van der Waals surface area contributed by atoms with Gasteiger partial charge in [-0.05, 0) is 86.3 Å². The Morgan fingerprint density at radius 3 is 2.44 bits per heavy atom. The Balaban J connectivity index is 1.36. The number of rotatable bonds is 9. The third-order valence-corrected chi connectivity index (χ3v) is 7.22. The molecule has 2 aromatic carbocycles. The average Bonchev–Trinajstić information content (AvgIpc) is 3.37. The minimum Gasteiger partial charge on any atom is -0.352 e. The number of aryl methyl sites for hydroxylation is 1. The van der Waals surface area contributed by atoms with Gasteiger partial charge in [-0.2, -0.15) is 0 Å². The minimum absolute atomic E-state index is 0.0965. The van der Waals surface area contributed by atoms with E-state index < -0.39 is 0 Å². The van der Waals surface area contributed by atoms with Gasteiger partial charge in [0.15, 0.2) is 0 Å². The summed E-state index contributed by atoms with van der Waals surface area (Å²) in [6.45, 7) is 5.97. The van der Waals surface area contributed by atoms with E-state index >= 15 is 0 Å². The molecule has 1 aliphatic rings. The molecule has 1 saturated heterocycles. The Hall–Kier alpha value is -2.40. The van der Waals surface area contributed by atoms with Crippen molar-refractivity contribution >= 4 is 29.1 Å². The van der Waals surface area contributed by atoms with Crippen molar-refractivity contribution in [2.75, 3.05) is 26.2 Å². The van der Waals surface area contributed by atoms with Crippen molar-refractivity contribution in [3.8, 4) is 0 Å². The van der Waals surface area contributed by atoms with Gasteiger partial charge in [-0.25, -0.2) is 0 Å². The molecule has 0 radical (unpaired) electrons. The highest BCUT2D eigenvalue weighted by molar-refractivity contribution is 6.31. The number of amides is 1. The molecule has 1 aromatic heterocycles. The molecule has 178 valence electrons. The molecule has 4 nitrogen and oxygen atoms in total. The van der Waals surface area contributed by atoms with Gasteiger partial charge in [0, 0.05) is 47.4 Å². The standard InChI is InChI=1S/C28H31Cl2N3O/c1-20-18-22(7-11-27(20)30)26(21-4-8-24(29)9-5-21)12-14-31-28(34)23-6-10-25(32-19-23)13-17-33-15-2-3-16-33/h4-11,18-19,26H,2-3,12-17H2,1H3,(H,31,34). The van der Waals surface area contributed by atoms with Crippen molar-refractivity contribution in [2.45, 2.75) is 38.5 Å². The summed E-state index contributed by atoms with van der Waals surface area (Å²) >= 11 is 12.4. The fourth-order valence-corrected chi connectivity index (χ4v) is 4.77. The number of likely N-dealkylation sites (tertiary alicyclic amines) is 1. The molecule has 1 N–H and O–H groups in total.